The van der Waals surface area contributed by atoms with Gasteiger partial charge >= 0.3 is 0 Å². The summed E-state index contributed by atoms with van der Waals surface area (Å²) in [6, 6.07) is 3.79. The molecule has 2 atom stereocenters. The van der Waals surface area contributed by atoms with Crippen LogP contribution in [0, 0.1) is 12.8 Å². The lowest BCUT2D eigenvalue weighted by Crippen LogP contribution is -2.36. The molecule has 0 spiro atoms. The zero-order chi connectivity index (χ0) is 16.7. The van der Waals surface area contributed by atoms with Gasteiger partial charge in [0.25, 0.3) is 5.91 Å². The average molecular weight is 326 g/mol. The molecule has 0 radical (unpaired) electrons. The van der Waals surface area contributed by atoms with Crippen LogP contribution < -0.4 is 0 Å². The van der Waals surface area contributed by atoms with E-state index in [4.69, 9.17) is 4.52 Å². The zero-order valence-corrected chi connectivity index (χ0v) is 14.2. The Labute approximate surface area is 141 Å². The Bertz CT molecular complexity index is 772. The van der Waals surface area contributed by atoms with E-state index >= 15 is 0 Å². The summed E-state index contributed by atoms with van der Waals surface area (Å²) < 4.78 is 5.35. The van der Waals surface area contributed by atoms with Crippen LogP contribution >= 0.6 is 0 Å². The summed E-state index contributed by atoms with van der Waals surface area (Å²) in [5, 5.41) is 4.25. The van der Waals surface area contributed by atoms with Gasteiger partial charge in [-0.3, -0.25) is 9.78 Å². The molecule has 1 aliphatic carbocycles. The maximum absolute atomic E-state index is 12.9. The first-order valence-electron chi connectivity index (χ1n) is 8.68. The minimum Gasteiger partial charge on any atom is -0.339 e. The van der Waals surface area contributed by atoms with E-state index in [0.29, 0.717) is 24.0 Å². The van der Waals surface area contributed by atoms with Gasteiger partial charge in [-0.2, -0.15) is 4.98 Å². The maximum Gasteiger partial charge on any atom is 0.272 e. The molecule has 1 saturated heterocycles. The lowest BCUT2D eigenvalue weighted by Gasteiger charge is -2.24. The monoisotopic (exact) mass is 326 g/mol. The minimum atomic E-state index is -0.144. The number of hydrogen-bond donors (Lipinski definition) is 0. The molecule has 2 fully saturated rings. The number of pyridine rings is 1. The highest BCUT2D eigenvalue weighted by Crippen LogP contribution is 2.49. The van der Waals surface area contributed by atoms with Crippen LogP contribution in [0.4, 0.5) is 0 Å². The molecule has 3 heterocycles. The summed E-state index contributed by atoms with van der Waals surface area (Å²) in [6.45, 7) is 5.36. The highest BCUT2D eigenvalue weighted by molar-refractivity contribution is 5.94. The van der Waals surface area contributed by atoms with Crippen molar-refractivity contribution in [2.75, 3.05) is 13.1 Å². The molecule has 2 aliphatic rings. The first-order chi connectivity index (χ1) is 11.6. The number of rotatable bonds is 3. The molecule has 24 heavy (non-hydrogen) atoms. The third-order valence-corrected chi connectivity index (χ3v) is 5.59. The molecule has 1 amide bonds. The second kappa shape index (κ2) is 5.69. The van der Waals surface area contributed by atoms with Crippen LogP contribution in [-0.4, -0.2) is 39.0 Å². The van der Waals surface area contributed by atoms with Crippen molar-refractivity contribution in [1.82, 2.24) is 20.0 Å². The van der Waals surface area contributed by atoms with Crippen molar-refractivity contribution in [3.05, 3.63) is 41.3 Å². The number of carbonyl (C=O) groups excluding carboxylic acids is 1. The van der Waals surface area contributed by atoms with Gasteiger partial charge in [0.15, 0.2) is 5.82 Å². The van der Waals surface area contributed by atoms with E-state index in [9.17, 15) is 4.79 Å². The second-order valence-corrected chi connectivity index (χ2v) is 6.97. The highest BCUT2D eigenvalue weighted by atomic mass is 16.5. The van der Waals surface area contributed by atoms with E-state index in [0.717, 1.165) is 43.6 Å². The Morgan fingerprint density at radius 2 is 2.38 bits per heavy atom. The van der Waals surface area contributed by atoms with Gasteiger partial charge in [0.2, 0.25) is 5.89 Å². The van der Waals surface area contributed by atoms with Gasteiger partial charge in [-0.1, -0.05) is 24.6 Å². The molecular weight excluding hydrogens is 304 g/mol. The Hall–Kier alpha value is -2.24. The molecule has 0 aromatic carbocycles. The largest absolute Gasteiger partial charge is 0.339 e. The van der Waals surface area contributed by atoms with Crippen LogP contribution in [0.2, 0.25) is 0 Å². The summed E-state index contributed by atoms with van der Waals surface area (Å²) in [6.07, 6.45) is 5.71. The molecule has 126 valence electrons. The average Bonchev–Trinajstić information content (AvgIpc) is 3.28. The van der Waals surface area contributed by atoms with Crippen molar-refractivity contribution in [3.8, 4) is 0 Å². The Morgan fingerprint density at radius 1 is 1.50 bits per heavy atom. The topological polar surface area (TPSA) is 72.1 Å². The van der Waals surface area contributed by atoms with E-state index in [1.165, 1.54) is 0 Å². The van der Waals surface area contributed by atoms with E-state index < -0.39 is 0 Å². The molecule has 0 N–H and O–H groups in total. The molecule has 4 rings (SSSR count). The lowest BCUT2D eigenvalue weighted by atomic mass is 9.80. The summed E-state index contributed by atoms with van der Waals surface area (Å²) in [5.74, 6) is 1.89. The second-order valence-electron chi connectivity index (χ2n) is 6.97. The Balaban J connectivity index is 1.64. The van der Waals surface area contributed by atoms with E-state index in [1.54, 1.807) is 6.20 Å². The third kappa shape index (κ3) is 2.24. The standard InChI is InChI=1S/C18H22N4O2/c1-3-14-20-17(21-24-14)18-8-4-7-13(18)10-22(11-18)16(23)15-12(2)6-5-9-19-15/h5-6,9,13H,3-4,7-8,10-11H2,1-2H3/t13-,18-/m1/s1. The Kier molecular flexibility index (Phi) is 3.62. The maximum atomic E-state index is 12.9. The summed E-state index contributed by atoms with van der Waals surface area (Å²) >= 11 is 0. The van der Waals surface area contributed by atoms with Crippen molar-refractivity contribution < 1.29 is 9.32 Å². The SMILES string of the molecule is CCc1nc([C@@]23CCC[C@@H]2CN(C(=O)c2ncccc2C)C3)no1. The fourth-order valence-corrected chi connectivity index (χ4v) is 4.27. The van der Waals surface area contributed by atoms with E-state index in [1.807, 2.05) is 30.9 Å². The molecule has 1 aliphatic heterocycles. The van der Waals surface area contributed by atoms with Crippen molar-refractivity contribution in [3.63, 3.8) is 0 Å². The molecule has 6 heteroatoms. The summed E-state index contributed by atoms with van der Waals surface area (Å²) in [5.41, 5.74) is 1.33. The van der Waals surface area contributed by atoms with Crippen LogP contribution in [0.15, 0.2) is 22.9 Å². The number of likely N-dealkylation sites (tertiary alicyclic amines) is 1. The van der Waals surface area contributed by atoms with Crippen molar-refractivity contribution in [2.45, 2.75) is 44.9 Å². The number of carbonyl (C=O) groups is 1. The lowest BCUT2D eigenvalue weighted by molar-refractivity contribution is 0.0770. The number of nitrogens with zero attached hydrogens (tertiary/aromatic N) is 4. The van der Waals surface area contributed by atoms with Crippen LogP contribution in [0.1, 0.15) is 54.0 Å². The van der Waals surface area contributed by atoms with Crippen molar-refractivity contribution in [2.24, 2.45) is 5.92 Å². The van der Waals surface area contributed by atoms with Gasteiger partial charge < -0.3 is 9.42 Å². The molecular formula is C18H22N4O2. The molecule has 0 bridgehead atoms. The fourth-order valence-electron chi connectivity index (χ4n) is 4.27. The fraction of sp³-hybridized carbons (Fsp3) is 0.556. The molecule has 6 nitrogen and oxygen atoms in total. The third-order valence-electron chi connectivity index (χ3n) is 5.59. The Morgan fingerprint density at radius 3 is 3.12 bits per heavy atom. The first-order valence-corrected chi connectivity index (χ1v) is 8.68. The van der Waals surface area contributed by atoms with Gasteiger partial charge in [0.05, 0.1) is 5.41 Å². The van der Waals surface area contributed by atoms with Crippen LogP contribution in [0.5, 0.6) is 0 Å². The predicted octanol–water partition coefficient (Wildman–Crippen LogP) is 2.53. The number of hydrogen-bond acceptors (Lipinski definition) is 5. The van der Waals surface area contributed by atoms with Gasteiger partial charge in [-0.15, -0.1) is 0 Å². The summed E-state index contributed by atoms with van der Waals surface area (Å²) in [4.78, 5) is 23.8. The quantitative estimate of drug-likeness (QED) is 0.866. The van der Waals surface area contributed by atoms with Gasteiger partial charge in [-0.25, -0.2) is 0 Å². The highest BCUT2D eigenvalue weighted by Gasteiger charge is 2.54. The van der Waals surface area contributed by atoms with Crippen molar-refractivity contribution in [1.29, 1.82) is 0 Å². The molecule has 2 aromatic rings. The predicted molar refractivity (Wildman–Crippen MR) is 87.6 cm³/mol. The first kappa shape index (κ1) is 15.3. The van der Waals surface area contributed by atoms with Gasteiger partial charge in [0.1, 0.15) is 5.69 Å². The van der Waals surface area contributed by atoms with E-state index in [-0.39, 0.29) is 11.3 Å². The zero-order valence-electron chi connectivity index (χ0n) is 14.2. The normalized spacial score (nSPS) is 25.9. The molecule has 2 aromatic heterocycles. The van der Waals surface area contributed by atoms with Crippen LogP contribution in [0.3, 0.4) is 0 Å². The van der Waals surface area contributed by atoms with Gasteiger partial charge in [-0.05, 0) is 37.3 Å². The summed E-state index contributed by atoms with van der Waals surface area (Å²) in [7, 11) is 0. The van der Waals surface area contributed by atoms with Crippen molar-refractivity contribution >= 4 is 5.91 Å². The minimum absolute atomic E-state index is 0.0149. The number of amides is 1. The van der Waals surface area contributed by atoms with Gasteiger partial charge in [0, 0.05) is 25.7 Å². The number of aryl methyl sites for hydroxylation is 2. The van der Waals surface area contributed by atoms with Crippen LogP contribution in [0.25, 0.3) is 0 Å². The number of fused-ring (bicyclic) bond motifs is 1. The van der Waals surface area contributed by atoms with Crippen LogP contribution in [-0.2, 0) is 11.8 Å². The molecule has 1 saturated carbocycles. The molecule has 0 unspecified atom stereocenters. The smallest absolute Gasteiger partial charge is 0.272 e. The van der Waals surface area contributed by atoms with E-state index in [2.05, 4.69) is 15.1 Å². The number of aromatic nitrogens is 3.